The van der Waals surface area contributed by atoms with E-state index < -0.39 is 5.97 Å². The first-order valence-electron chi connectivity index (χ1n) is 0.908. The van der Waals surface area contributed by atoms with Crippen molar-refractivity contribution in [3.63, 3.8) is 0 Å². The van der Waals surface area contributed by atoms with Crippen LogP contribution in [0.15, 0.2) is 0 Å². The molecule has 0 heterocycles. The molecule has 0 atom stereocenters. The Morgan fingerprint density at radius 1 is 1.43 bits per heavy atom. The number of carbonyl (C=O) groups is 1. The maximum atomic E-state index is 8.89. The first-order chi connectivity index (χ1) is 1.73. The third-order valence-corrected chi connectivity index (χ3v) is 0. The minimum Gasteiger partial charge on any atom is -1.00 e. The molecule has 7 heavy (non-hydrogen) atoms. The van der Waals surface area contributed by atoms with Gasteiger partial charge in [0, 0.05) is 5.97 Å². The van der Waals surface area contributed by atoms with Crippen LogP contribution in [0, 0.1) is 0 Å². The molecule has 2 nitrogen and oxygen atoms in total. The van der Waals surface area contributed by atoms with E-state index in [1.165, 1.54) is 0 Å². The summed E-state index contributed by atoms with van der Waals surface area (Å²) in [5.74, 6) is -1.08. The van der Waals surface area contributed by atoms with Crippen molar-refractivity contribution in [1.29, 1.82) is 0 Å². The predicted octanol–water partition coefficient (Wildman–Crippen LogP) is -10.2. The van der Waals surface area contributed by atoms with Crippen LogP contribution in [0.25, 0.3) is 0 Å². The average Bonchev–Trinajstić information content (AvgIpc) is 0.811. The maximum Gasteiger partial charge on any atom is 1.00 e. The maximum absolute atomic E-state index is 8.89. The molecule has 0 N–H and O–H groups in total. The Balaban J connectivity index is -0.0000000150. The van der Waals surface area contributed by atoms with Gasteiger partial charge in [-0.3, -0.25) is 0 Å². The van der Waals surface area contributed by atoms with Gasteiger partial charge in [-0.05, 0) is 6.92 Å². The number of carboxylic acid groups (broad SMARTS) is 1. The molecule has 5 heteroatoms. The van der Waals surface area contributed by atoms with E-state index in [0.717, 1.165) is 6.92 Å². The van der Waals surface area contributed by atoms with Gasteiger partial charge in [0.15, 0.2) is 0 Å². The molecule has 0 rings (SSSR count). The third-order valence-electron chi connectivity index (χ3n) is 0. The molecule has 0 unspecified atom stereocenters. The fourth-order valence-corrected chi connectivity index (χ4v) is 0. The molecule has 0 spiro atoms. The quantitative estimate of drug-likeness (QED) is 0.438. The Kier molecular flexibility index (Phi) is 52.1. The molecular formula is C2H3Cs2FO2. The van der Waals surface area contributed by atoms with Crippen LogP contribution in [0.4, 0.5) is 0 Å². The summed E-state index contributed by atoms with van der Waals surface area (Å²) in [5, 5.41) is 8.89. The molecule has 0 saturated carbocycles. The standard InChI is InChI=1S/C2H4O2.2Cs.FH/c1-2(3)4;;;/h1H3,(H,3,4);;;1H/q;2*+1;/p-2. The summed E-state index contributed by atoms with van der Waals surface area (Å²) < 4.78 is 0. The van der Waals surface area contributed by atoms with Crippen molar-refractivity contribution in [1.82, 2.24) is 0 Å². The normalized spacial score (nSPS) is 3.57. The van der Waals surface area contributed by atoms with E-state index in [1.807, 2.05) is 0 Å². The van der Waals surface area contributed by atoms with Gasteiger partial charge in [-0.25, -0.2) is 0 Å². The number of carboxylic acids is 1. The Morgan fingerprint density at radius 3 is 1.43 bits per heavy atom. The Bertz CT molecular complexity index is 36.7. The van der Waals surface area contributed by atoms with Gasteiger partial charge in [0.2, 0.25) is 0 Å². The van der Waals surface area contributed by atoms with Gasteiger partial charge >= 0.3 is 138 Å². The zero-order valence-electron chi connectivity index (χ0n) is 4.69. The van der Waals surface area contributed by atoms with Crippen LogP contribution in [0.2, 0.25) is 0 Å². The third kappa shape index (κ3) is 43.6. The molecule has 0 aliphatic carbocycles. The van der Waals surface area contributed by atoms with E-state index in [1.54, 1.807) is 0 Å². The van der Waals surface area contributed by atoms with Gasteiger partial charge in [0.25, 0.3) is 0 Å². The Morgan fingerprint density at radius 2 is 1.43 bits per heavy atom. The molecule has 0 saturated heterocycles. The van der Waals surface area contributed by atoms with E-state index in [-0.39, 0.29) is 142 Å². The fourth-order valence-electron chi connectivity index (χ4n) is 0. The van der Waals surface area contributed by atoms with Gasteiger partial charge in [-0.1, -0.05) is 0 Å². The van der Waals surface area contributed by atoms with Crippen molar-refractivity contribution >= 4 is 5.97 Å². The molecule has 0 aromatic carbocycles. The van der Waals surface area contributed by atoms with Gasteiger partial charge in [-0.2, -0.15) is 0 Å². The zero-order chi connectivity index (χ0) is 3.58. The van der Waals surface area contributed by atoms with Crippen LogP contribution in [-0.2, 0) is 4.79 Å². The van der Waals surface area contributed by atoms with Crippen LogP contribution < -0.4 is 148 Å². The summed E-state index contributed by atoms with van der Waals surface area (Å²) in [6, 6.07) is 0. The summed E-state index contributed by atoms with van der Waals surface area (Å²) in [4.78, 5) is 8.89. The van der Waals surface area contributed by atoms with Gasteiger partial charge in [0.1, 0.15) is 0 Å². The SMILES string of the molecule is CC(=O)[O-].[Cs+].[Cs+].[F-]. The number of hydrogen-bond acceptors (Lipinski definition) is 2. The van der Waals surface area contributed by atoms with E-state index in [4.69, 9.17) is 9.90 Å². The van der Waals surface area contributed by atoms with Crippen LogP contribution >= 0.6 is 0 Å². The number of hydrogen-bond donors (Lipinski definition) is 0. The number of carbonyl (C=O) groups excluding carboxylic acids is 1. The minimum atomic E-state index is -1.08. The van der Waals surface area contributed by atoms with E-state index in [9.17, 15) is 0 Å². The van der Waals surface area contributed by atoms with Crippen molar-refractivity contribution in [2.75, 3.05) is 0 Å². The minimum absolute atomic E-state index is 0. The van der Waals surface area contributed by atoms with E-state index in [0.29, 0.717) is 0 Å². The molecule has 0 fully saturated rings. The Labute approximate surface area is 159 Å². The zero-order valence-corrected chi connectivity index (χ0v) is 17.3. The second kappa shape index (κ2) is 16.2. The second-order valence-corrected chi connectivity index (χ2v) is 0.492. The molecule has 0 aromatic rings. The monoisotopic (exact) mass is 344 g/mol. The van der Waals surface area contributed by atoms with Crippen molar-refractivity contribution in [3.05, 3.63) is 0 Å². The average molecular weight is 344 g/mol. The Hall–Kier alpha value is 3.50. The van der Waals surface area contributed by atoms with Gasteiger partial charge in [0.05, 0.1) is 0 Å². The van der Waals surface area contributed by atoms with E-state index >= 15 is 0 Å². The molecule has 0 radical (unpaired) electrons. The molecule has 32 valence electrons. The topological polar surface area (TPSA) is 40.1 Å². The molecule has 0 amide bonds. The van der Waals surface area contributed by atoms with Crippen LogP contribution in [0.1, 0.15) is 6.92 Å². The van der Waals surface area contributed by atoms with Crippen LogP contribution in [-0.4, -0.2) is 5.97 Å². The van der Waals surface area contributed by atoms with E-state index in [2.05, 4.69) is 0 Å². The number of aliphatic carboxylic acids is 1. The molecule has 0 aliphatic heterocycles. The van der Waals surface area contributed by atoms with Crippen molar-refractivity contribution < 1.29 is 152 Å². The second-order valence-electron chi connectivity index (χ2n) is 0.492. The molecule has 0 aliphatic rings. The largest absolute Gasteiger partial charge is 1.00 e. The summed E-state index contributed by atoms with van der Waals surface area (Å²) in [6.45, 7) is 0.972. The van der Waals surface area contributed by atoms with Crippen molar-refractivity contribution in [3.8, 4) is 0 Å². The predicted molar refractivity (Wildman–Crippen MR) is 10.7 cm³/mol. The van der Waals surface area contributed by atoms with Crippen LogP contribution in [0.5, 0.6) is 0 Å². The smallest absolute Gasteiger partial charge is 1.00 e. The first-order valence-corrected chi connectivity index (χ1v) is 0.908. The van der Waals surface area contributed by atoms with Gasteiger partial charge in [-0.15, -0.1) is 0 Å². The molecule has 0 bridgehead atoms. The fraction of sp³-hybridized carbons (Fsp3) is 0.500. The summed E-state index contributed by atoms with van der Waals surface area (Å²) >= 11 is 0. The molecular weight excluding hydrogens is 341 g/mol. The molecule has 0 aromatic heterocycles. The van der Waals surface area contributed by atoms with Crippen molar-refractivity contribution in [2.24, 2.45) is 0 Å². The summed E-state index contributed by atoms with van der Waals surface area (Å²) in [6.07, 6.45) is 0. The van der Waals surface area contributed by atoms with Crippen molar-refractivity contribution in [2.45, 2.75) is 6.92 Å². The summed E-state index contributed by atoms with van der Waals surface area (Å²) in [7, 11) is 0. The number of halogens is 1. The van der Waals surface area contributed by atoms with Crippen LogP contribution in [0.3, 0.4) is 0 Å². The van der Waals surface area contributed by atoms with Gasteiger partial charge < -0.3 is 14.6 Å². The number of rotatable bonds is 0. The summed E-state index contributed by atoms with van der Waals surface area (Å²) in [5.41, 5.74) is 0. The first kappa shape index (κ1) is 22.4.